The fraction of sp³-hybridized carbons (Fsp3) is 0.614. The highest BCUT2D eigenvalue weighted by molar-refractivity contribution is 5.71. The maximum atomic E-state index is 12.9. The molecular formula is C70H114NO8+. The SMILES string of the molecule is CC/C=C\C/C=C\C/C=C\C/C=C\C/C=C\C/C=C\C/C=C\CCCCCCCCCCCC(=O)OC(COC(=O)CCCCCCCCC/C=C\C/C=C\C/C=C\C/C=C\C/C=C\CC)COC(OCC[N+](C)(C)C)C(=O)O. The lowest BCUT2D eigenvalue weighted by atomic mass is 10.1. The number of ether oxygens (including phenoxy) is 4. The Morgan fingerprint density at radius 2 is 0.684 bits per heavy atom. The maximum Gasteiger partial charge on any atom is 0.361 e. The number of quaternary nitrogens is 1. The molecule has 0 aliphatic carbocycles. The van der Waals surface area contributed by atoms with Gasteiger partial charge in [-0.15, -0.1) is 0 Å². The van der Waals surface area contributed by atoms with Crippen LogP contribution < -0.4 is 0 Å². The molecule has 0 spiro atoms. The molecule has 0 rings (SSSR count). The van der Waals surface area contributed by atoms with Crippen LogP contribution in [0.4, 0.5) is 0 Å². The molecule has 0 fully saturated rings. The van der Waals surface area contributed by atoms with Gasteiger partial charge >= 0.3 is 17.9 Å². The number of hydrogen-bond donors (Lipinski definition) is 1. The Morgan fingerprint density at radius 3 is 1.01 bits per heavy atom. The maximum absolute atomic E-state index is 12.9. The molecular weight excluding hydrogens is 983 g/mol. The van der Waals surface area contributed by atoms with Crippen LogP contribution in [0.25, 0.3) is 0 Å². The van der Waals surface area contributed by atoms with Gasteiger partial charge in [0.15, 0.2) is 6.10 Å². The number of unbranched alkanes of at least 4 members (excludes halogenated alkanes) is 16. The normalized spacial score (nSPS) is 13.8. The molecule has 0 aromatic carbocycles. The summed E-state index contributed by atoms with van der Waals surface area (Å²) in [4.78, 5) is 37.5. The van der Waals surface area contributed by atoms with Gasteiger partial charge in [0.1, 0.15) is 13.2 Å². The third-order valence-corrected chi connectivity index (χ3v) is 12.6. The highest BCUT2D eigenvalue weighted by Crippen LogP contribution is 2.15. The molecule has 0 amide bonds. The number of carboxylic acid groups (broad SMARTS) is 1. The Labute approximate surface area is 483 Å². The summed E-state index contributed by atoms with van der Waals surface area (Å²) in [5.41, 5.74) is 0. The topological polar surface area (TPSA) is 108 Å². The Balaban J connectivity index is 4.28. The molecule has 9 nitrogen and oxygen atoms in total. The number of hydrogen-bond acceptors (Lipinski definition) is 7. The fourth-order valence-electron chi connectivity index (χ4n) is 7.90. The van der Waals surface area contributed by atoms with Crippen molar-refractivity contribution in [1.29, 1.82) is 0 Å². The smallest absolute Gasteiger partial charge is 0.361 e. The zero-order valence-corrected chi connectivity index (χ0v) is 50.7. The monoisotopic (exact) mass is 1100 g/mol. The molecule has 0 heterocycles. The first-order valence-corrected chi connectivity index (χ1v) is 31.0. The Bertz CT molecular complexity index is 1800. The van der Waals surface area contributed by atoms with Crippen molar-refractivity contribution in [2.24, 2.45) is 0 Å². The molecule has 9 heteroatoms. The van der Waals surface area contributed by atoms with Crippen molar-refractivity contribution < 1.29 is 42.9 Å². The first-order valence-electron chi connectivity index (χ1n) is 31.0. The van der Waals surface area contributed by atoms with Crippen LogP contribution in [0.2, 0.25) is 0 Å². The summed E-state index contributed by atoms with van der Waals surface area (Å²) >= 11 is 0. The Kier molecular flexibility index (Phi) is 55.7. The largest absolute Gasteiger partial charge is 0.477 e. The van der Waals surface area contributed by atoms with Gasteiger partial charge in [0.25, 0.3) is 6.29 Å². The molecule has 446 valence electrons. The molecule has 0 aromatic rings. The molecule has 0 aromatic heterocycles. The van der Waals surface area contributed by atoms with E-state index in [0.717, 1.165) is 135 Å². The number of carboxylic acids is 1. The lowest BCUT2D eigenvalue weighted by Gasteiger charge is -2.25. The molecule has 0 saturated heterocycles. The van der Waals surface area contributed by atoms with Crippen LogP contribution in [0.3, 0.4) is 0 Å². The van der Waals surface area contributed by atoms with E-state index >= 15 is 0 Å². The summed E-state index contributed by atoms with van der Waals surface area (Å²) in [7, 11) is 5.95. The third-order valence-electron chi connectivity index (χ3n) is 12.6. The molecule has 0 saturated carbocycles. The van der Waals surface area contributed by atoms with Gasteiger partial charge < -0.3 is 28.5 Å². The number of nitrogens with zero attached hydrogens (tertiary/aromatic N) is 1. The minimum Gasteiger partial charge on any atom is -0.477 e. The molecule has 2 atom stereocenters. The molecule has 0 bridgehead atoms. The molecule has 1 N–H and O–H groups in total. The predicted molar refractivity (Wildman–Crippen MR) is 336 cm³/mol. The quantitative estimate of drug-likeness (QED) is 0.0211. The van der Waals surface area contributed by atoms with E-state index in [2.05, 4.69) is 160 Å². The van der Waals surface area contributed by atoms with Gasteiger partial charge in [-0.1, -0.05) is 237 Å². The van der Waals surface area contributed by atoms with E-state index in [1.165, 1.54) is 51.4 Å². The van der Waals surface area contributed by atoms with E-state index in [-0.39, 0.29) is 38.6 Å². The summed E-state index contributed by atoms with van der Waals surface area (Å²) in [6.07, 6.45) is 83.5. The highest BCUT2D eigenvalue weighted by Gasteiger charge is 2.25. The second kappa shape index (κ2) is 59.3. The summed E-state index contributed by atoms with van der Waals surface area (Å²) in [5.74, 6) is -2.04. The van der Waals surface area contributed by atoms with E-state index < -0.39 is 24.3 Å². The van der Waals surface area contributed by atoms with Crippen molar-refractivity contribution in [2.75, 3.05) is 47.5 Å². The zero-order valence-electron chi connectivity index (χ0n) is 50.7. The number of aliphatic carboxylic acids is 1. The minimum atomic E-state index is -1.53. The second-order valence-corrected chi connectivity index (χ2v) is 21.2. The van der Waals surface area contributed by atoms with E-state index in [1.54, 1.807) is 0 Å². The molecule has 2 unspecified atom stereocenters. The number of rotatable bonds is 55. The van der Waals surface area contributed by atoms with E-state index in [9.17, 15) is 19.5 Å². The van der Waals surface area contributed by atoms with Gasteiger partial charge in [0, 0.05) is 12.8 Å². The zero-order chi connectivity index (χ0) is 57.6. The van der Waals surface area contributed by atoms with Gasteiger partial charge in [-0.3, -0.25) is 9.59 Å². The van der Waals surface area contributed by atoms with Crippen LogP contribution in [0.1, 0.15) is 219 Å². The van der Waals surface area contributed by atoms with Crippen LogP contribution in [-0.4, -0.2) is 87.4 Å². The molecule has 0 aliphatic heterocycles. The van der Waals surface area contributed by atoms with Gasteiger partial charge in [0.2, 0.25) is 0 Å². The first-order chi connectivity index (χ1) is 38.6. The van der Waals surface area contributed by atoms with Crippen molar-refractivity contribution in [3.05, 3.63) is 146 Å². The van der Waals surface area contributed by atoms with E-state index in [1.807, 2.05) is 21.1 Å². The summed E-state index contributed by atoms with van der Waals surface area (Å²) < 4.78 is 22.9. The lowest BCUT2D eigenvalue weighted by molar-refractivity contribution is -0.870. The van der Waals surface area contributed by atoms with Gasteiger partial charge in [0.05, 0.1) is 34.4 Å². The fourth-order valence-corrected chi connectivity index (χ4v) is 7.90. The third kappa shape index (κ3) is 60.7. The first kappa shape index (κ1) is 74.2. The van der Waals surface area contributed by atoms with Crippen molar-refractivity contribution in [3.63, 3.8) is 0 Å². The van der Waals surface area contributed by atoms with Gasteiger partial charge in [-0.2, -0.15) is 0 Å². The van der Waals surface area contributed by atoms with E-state index in [0.29, 0.717) is 17.4 Å². The number of carbonyl (C=O) groups is 3. The highest BCUT2D eigenvalue weighted by atomic mass is 16.7. The van der Waals surface area contributed by atoms with E-state index in [4.69, 9.17) is 18.9 Å². The van der Waals surface area contributed by atoms with Crippen LogP contribution in [0.15, 0.2) is 146 Å². The Morgan fingerprint density at radius 1 is 0.380 bits per heavy atom. The minimum absolute atomic E-state index is 0.176. The molecule has 0 aliphatic rings. The summed E-state index contributed by atoms with van der Waals surface area (Å²) in [5, 5.41) is 9.72. The number of carbonyl (C=O) groups excluding carboxylic acids is 2. The van der Waals surface area contributed by atoms with Crippen LogP contribution in [0, 0.1) is 0 Å². The molecule has 79 heavy (non-hydrogen) atoms. The van der Waals surface area contributed by atoms with Gasteiger partial charge in [-0.25, -0.2) is 4.79 Å². The number of allylic oxidation sites excluding steroid dienone is 24. The number of esters is 2. The van der Waals surface area contributed by atoms with Crippen LogP contribution >= 0.6 is 0 Å². The average Bonchev–Trinajstić information content (AvgIpc) is 3.42. The Hall–Kier alpha value is -4.83. The summed E-state index contributed by atoms with van der Waals surface area (Å²) in [6.45, 7) is 4.61. The van der Waals surface area contributed by atoms with Crippen LogP contribution in [-0.2, 0) is 33.3 Å². The average molecular weight is 1100 g/mol. The van der Waals surface area contributed by atoms with Crippen molar-refractivity contribution >= 4 is 17.9 Å². The standard InChI is InChI=1S/C70H113NO8/c1-6-8-10-12-14-16-18-20-22-24-26-28-30-31-32-33-34-35-36-37-39-41-43-45-47-49-51-53-55-57-59-61-68(73)79-66(65-78-70(69(74)75)76-63-62-71(3,4)5)64-77-67(72)60-58-56-54-52-50-48-46-44-42-40-38-29-27-25-23-21-19-17-15-13-11-9-7-2/h8-11,14-17,20-23,26-29,31-32,34-35,37,39-40,42,66,70H,6-7,12-13,18-19,24-25,30,33,36,38,41,43-65H2,1-5H3/p+1/b10-8-,11-9-,16-14-,17-15-,22-20-,23-21-,28-26-,29-27-,32-31-,35-34-,39-37-,42-40-. The van der Waals surface area contributed by atoms with Crippen LogP contribution in [0.5, 0.6) is 0 Å². The van der Waals surface area contributed by atoms with Gasteiger partial charge in [-0.05, 0) is 116 Å². The number of likely N-dealkylation sites (N-methyl/N-ethyl adjacent to an activating group) is 1. The lowest BCUT2D eigenvalue weighted by Crippen LogP contribution is -2.40. The predicted octanol–water partition coefficient (Wildman–Crippen LogP) is 18.8. The summed E-state index contributed by atoms with van der Waals surface area (Å²) in [6, 6.07) is 0. The van der Waals surface area contributed by atoms with Crippen molar-refractivity contribution in [2.45, 2.75) is 232 Å². The van der Waals surface area contributed by atoms with Crippen molar-refractivity contribution in [1.82, 2.24) is 0 Å². The van der Waals surface area contributed by atoms with Crippen molar-refractivity contribution in [3.8, 4) is 0 Å². The second-order valence-electron chi connectivity index (χ2n) is 21.2. The molecule has 0 radical (unpaired) electrons.